The Bertz CT molecular complexity index is 1940. The van der Waals surface area contributed by atoms with Crippen LogP contribution in [0, 0.1) is 28.8 Å². The number of benzene rings is 4. The number of hydrogen-bond donors (Lipinski definition) is 1. The molecule has 0 saturated heterocycles. The van der Waals surface area contributed by atoms with Crippen LogP contribution in [-0.2, 0) is 12.7 Å². The summed E-state index contributed by atoms with van der Waals surface area (Å²) in [6.45, 7) is -0.565. The van der Waals surface area contributed by atoms with E-state index in [-0.39, 0.29) is 16.6 Å². The summed E-state index contributed by atoms with van der Waals surface area (Å²) < 4.78 is 85.0. The largest absolute Gasteiger partial charge is 0.418 e. The first kappa shape index (κ1) is 25.2. The molecule has 0 radical (unpaired) electrons. The lowest BCUT2D eigenvalue weighted by Gasteiger charge is -2.11. The van der Waals surface area contributed by atoms with E-state index < -0.39 is 41.3 Å². The van der Waals surface area contributed by atoms with Crippen LogP contribution in [0.2, 0.25) is 0 Å². The molecule has 0 aliphatic heterocycles. The molecule has 4 nitrogen and oxygen atoms in total. The minimum absolute atomic E-state index is 0.139. The molecular weight excluding hydrogens is 530 g/mol. The van der Waals surface area contributed by atoms with Gasteiger partial charge in [-0.15, -0.1) is 0 Å². The standard InChI is InChI=1S/C30H16F6N4/c31-20-12-24(32)22(25(33)13-20)15-40-29(21-2-1-3-23(28(21)39-40)30(34,35)36)18-7-5-17(6-8-18)27-11-19-10-16(14-37)4-9-26(19)38-27/h1-13,38H,15H2. The summed E-state index contributed by atoms with van der Waals surface area (Å²) in [7, 11) is 0. The number of nitriles is 1. The van der Waals surface area contributed by atoms with Crippen molar-refractivity contribution in [1.29, 1.82) is 5.26 Å². The van der Waals surface area contributed by atoms with Gasteiger partial charge in [0.05, 0.1) is 29.4 Å². The second-order valence-corrected chi connectivity index (χ2v) is 9.23. The average molecular weight is 546 g/mol. The number of aromatic amines is 1. The summed E-state index contributed by atoms with van der Waals surface area (Å²) in [5, 5.41) is 14.2. The molecule has 0 spiro atoms. The Balaban J connectivity index is 1.48. The fourth-order valence-corrected chi connectivity index (χ4v) is 4.84. The third-order valence-electron chi connectivity index (χ3n) is 6.71. The van der Waals surface area contributed by atoms with E-state index in [1.165, 1.54) is 12.1 Å². The van der Waals surface area contributed by atoms with E-state index in [9.17, 15) is 26.3 Å². The highest BCUT2D eigenvalue weighted by Crippen LogP contribution is 2.39. The summed E-state index contributed by atoms with van der Waals surface area (Å²) in [6.07, 6.45) is -4.72. The van der Waals surface area contributed by atoms with Crippen molar-refractivity contribution in [2.24, 2.45) is 0 Å². The van der Waals surface area contributed by atoms with Crippen molar-refractivity contribution in [1.82, 2.24) is 14.8 Å². The van der Waals surface area contributed by atoms with E-state index in [1.807, 2.05) is 6.07 Å². The number of nitrogens with zero attached hydrogens (tertiary/aromatic N) is 3. The summed E-state index contributed by atoms with van der Waals surface area (Å²) in [5.74, 6) is -3.46. The second-order valence-electron chi connectivity index (χ2n) is 9.23. The molecule has 2 heterocycles. The summed E-state index contributed by atoms with van der Waals surface area (Å²) in [6, 6.07) is 20.7. The molecule has 198 valence electrons. The quantitative estimate of drug-likeness (QED) is 0.227. The molecule has 0 atom stereocenters. The molecule has 4 aromatic carbocycles. The maximum absolute atomic E-state index is 14.5. The van der Waals surface area contributed by atoms with Crippen molar-refractivity contribution >= 4 is 21.8 Å². The number of alkyl halides is 3. The van der Waals surface area contributed by atoms with Crippen molar-refractivity contribution in [2.75, 3.05) is 0 Å². The Morgan fingerprint density at radius 1 is 0.850 bits per heavy atom. The van der Waals surface area contributed by atoms with Gasteiger partial charge in [0.25, 0.3) is 0 Å². The summed E-state index contributed by atoms with van der Waals surface area (Å²) in [5.41, 5.74) is 1.63. The topological polar surface area (TPSA) is 57.4 Å². The van der Waals surface area contributed by atoms with Gasteiger partial charge >= 0.3 is 6.18 Å². The molecule has 2 aromatic heterocycles. The monoisotopic (exact) mass is 546 g/mol. The molecule has 0 aliphatic rings. The van der Waals surface area contributed by atoms with Crippen LogP contribution in [-0.4, -0.2) is 14.8 Å². The smallest absolute Gasteiger partial charge is 0.355 e. The van der Waals surface area contributed by atoms with Gasteiger partial charge in [0.15, 0.2) is 0 Å². The highest BCUT2D eigenvalue weighted by Gasteiger charge is 2.34. The Hall–Kier alpha value is -5.04. The van der Waals surface area contributed by atoms with Crippen LogP contribution in [0.1, 0.15) is 16.7 Å². The Morgan fingerprint density at radius 3 is 2.23 bits per heavy atom. The lowest BCUT2D eigenvalue weighted by molar-refractivity contribution is -0.136. The number of aromatic nitrogens is 3. The van der Waals surface area contributed by atoms with E-state index in [0.29, 0.717) is 23.3 Å². The van der Waals surface area contributed by atoms with Gasteiger partial charge < -0.3 is 4.98 Å². The predicted octanol–water partition coefficient (Wildman–Crippen LogP) is 8.21. The molecule has 0 saturated carbocycles. The second kappa shape index (κ2) is 9.31. The maximum atomic E-state index is 14.5. The van der Waals surface area contributed by atoms with Gasteiger partial charge in [0, 0.05) is 45.2 Å². The molecule has 6 rings (SSSR count). The van der Waals surface area contributed by atoms with Crippen LogP contribution >= 0.6 is 0 Å². The molecule has 0 aliphatic carbocycles. The first-order valence-corrected chi connectivity index (χ1v) is 12.0. The van der Waals surface area contributed by atoms with E-state index in [4.69, 9.17) is 5.26 Å². The number of H-pyrrole nitrogens is 1. The van der Waals surface area contributed by atoms with E-state index in [0.717, 1.165) is 32.9 Å². The third kappa shape index (κ3) is 4.35. The molecule has 40 heavy (non-hydrogen) atoms. The number of hydrogen-bond acceptors (Lipinski definition) is 2. The van der Waals surface area contributed by atoms with Crippen LogP contribution in [0.5, 0.6) is 0 Å². The van der Waals surface area contributed by atoms with Crippen LogP contribution in [0.3, 0.4) is 0 Å². The van der Waals surface area contributed by atoms with E-state index in [2.05, 4.69) is 16.2 Å². The Labute approximate surface area is 222 Å². The molecule has 0 fully saturated rings. The average Bonchev–Trinajstić information content (AvgIpc) is 3.50. The van der Waals surface area contributed by atoms with Gasteiger partial charge in [-0.25, -0.2) is 13.2 Å². The zero-order valence-corrected chi connectivity index (χ0v) is 20.3. The zero-order chi connectivity index (χ0) is 28.2. The van der Waals surface area contributed by atoms with Crippen molar-refractivity contribution in [3.05, 3.63) is 113 Å². The summed E-state index contributed by atoms with van der Waals surface area (Å²) in [4.78, 5) is 3.27. The minimum Gasteiger partial charge on any atom is -0.355 e. The number of fused-ring (bicyclic) bond motifs is 2. The molecule has 0 bridgehead atoms. The summed E-state index contributed by atoms with van der Waals surface area (Å²) >= 11 is 0. The Morgan fingerprint density at radius 2 is 1.55 bits per heavy atom. The Kier molecular flexibility index (Phi) is 5.88. The van der Waals surface area contributed by atoms with Gasteiger partial charge in [-0.1, -0.05) is 36.4 Å². The maximum Gasteiger partial charge on any atom is 0.418 e. The highest BCUT2D eigenvalue weighted by molar-refractivity contribution is 5.96. The molecule has 0 unspecified atom stereocenters. The molecule has 6 aromatic rings. The highest BCUT2D eigenvalue weighted by atomic mass is 19.4. The molecule has 10 heteroatoms. The third-order valence-corrected chi connectivity index (χ3v) is 6.71. The molecular formula is C30H16F6N4. The van der Waals surface area contributed by atoms with Crippen LogP contribution in [0.25, 0.3) is 44.3 Å². The molecule has 0 amide bonds. The number of halogens is 6. The van der Waals surface area contributed by atoms with Gasteiger partial charge in [-0.2, -0.15) is 23.5 Å². The SMILES string of the molecule is N#Cc1ccc2[nH]c(-c3ccc(-c4c5cccc(C(F)(F)F)c5nn4Cc4c(F)cc(F)cc4F)cc3)cc2c1. The predicted molar refractivity (Wildman–Crippen MR) is 138 cm³/mol. The van der Waals surface area contributed by atoms with Gasteiger partial charge in [-0.05, 0) is 35.9 Å². The van der Waals surface area contributed by atoms with Crippen molar-refractivity contribution in [3.63, 3.8) is 0 Å². The first-order valence-electron chi connectivity index (χ1n) is 12.0. The van der Waals surface area contributed by atoms with E-state index >= 15 is 0 Å². The van der Waals surface area contributed by atoms with Gasteiger partial charge in [0.1, 0.15) is 23.0 Å². The van der Waals surface area contributed by atoms with Crippen LogP contribution in [0.4, 0.5) is 26.3 Å². The number of nitrogens with one attached hydrogen (secondary N) is 1. The zero-order valence-electron chi connectivity index (χ0n) is 20.3. The van der Waals surface area contributed by atoms with Crippen molar-refractivity contribution in [3.8, 4) is 28.6 Å². The van der Waals surface area contributed by atoms with Crippen molar-refractivity contribution < 1.29 is 26.3 Å². The van der Waals surface area contributed by atoms with Crippen molar-refractivity contribution in [2.45, 2.75) is 12.7 Å². The molecule has 1 N–H and O–H groups in total. The van der Waals surface area contributed by atoms with E-state index in [1.54, 1.807) is 42.5 Å². The fraction of sp³-hybridized carbons (Fsp3) is 0.0667. The number of rotatable bonds is 4. The lowest BCUT2D eigenvalue weighted by atomic mass is 10.0. The lowest BCUT2D eigenvalue weighted by Crippen LogP contribution is -2.09. The van der Waals surface area contributed by atoms with Crippen LogP contribution < -0.4 is 0 Å². The van der Waals surface area contributed by atoms with Gasteiger partial charge in [-0.3, -0.25) is 4.68 Å². The fourth-order valence-electron chi connectivity index (χ4n) is 4.84. The normalized spacial score (nSPS) is 11.8. The first-order chi connectivity index (χ1) is 19.1. The minimum atomic E-state index is -4.72. The van der Waals surface area contributed by atoms with Crippen LogP contribution in [0.15, 0.2) is 78.9 Å². The van der Waals surface area contributed by atoms with Gasteiger partial charge in [0.2, 0.25) is 0 Å².